The molecule has 1 N–H and O–H groups in total. The van der Waals surface area contributed by atoms with Crippen molar-refractivity contribution in [1.82, 2.24) is 24.9 Å². The molecule has 2 heterocycles. The van der Waals surface area contributed by atoms with Crippen molar-refractivity contribution in [3.05, 3.63) is 35.9 Å². The van der Waals surface area contributed by atoms with Crippen LogP contribution >= 0.6 is 0 Å². The number of nitrogens with zero attached hydrogens (tertiary/aromatic N) is 5. The molecule has 1 amide bonds. The second-order valence-corrected chi connectivity index (χ2v) is 8.19. The maximum absolute atomic E-state index is 11.5. The number of guanidine groups is 1. The van der Waals surface area contributed by atoms with E-state index in [1.165, 1.54) is 5.56 Å². The Hall–Kier alpha value is -2.12. The molecule has 1 aromatic rings. The number of carbonyl (C=O) groups is 1. The van der Waals surface area contributed by atoms with Crippen molar-refractivity contribution >= 4 is 11.9 Å². The first-order chi connectivity index (χ1) is 14.7. The Balaban J connectivity index is 1.35. The van der Waals surface area contributed by atoms with E-state index < -0.39 is 0 Å². The van der Waals surface area contributed by atoms with Gasteiger partial charge in [-0.3, -0.25) is 14.7 Å². The van der Waals surface area contributed by atoms with Gasteiger partial charge in [-0.2, -0.15) is 0 Å². The lowest BCUT2D eigenvalue weighted by Crippen LogP contribution is -2.53. The number of rotatable bonds is 7. The normalized spacial score (nSPS) is 19.2. The van der Waals surface area contributed by atoms with E-state index in [0.717, 1.165) is 90.9 Å². The van der Waals surface area contributed by atoms with Gasteiger partial charge in [0.05, 0.1) is 0 Å². The van der Waals surface area contributed by atoms with Crippen LogP contribution in [0.25, 0.3) is 0 Å². The molecule has 7 heteroatoms. The summed E-state index contributed by atoms with van der Waals surface area (Å²) in [6.45, 7) is 15.5. The molecule has 166 valence electrons. The number of amides is 1. The van der Waals surface area contributed by atoms with Gasteiger partial charge >= 0.3 is 0 Å². The molecule has 1 aromatic carbocycles. The lowest BCUT2D eigenvalue weighted by molar-refractivity contribution is -0.130. The topological polar surface area (TPSA) is 54.4 Å². The molecule has 0 saturated carbocycles. The summed E-state index contributed by atoms with van der Waals surface area (Å²) in [6.07, 6.45) is 1.08. The van der Waals surface area contributed by atoms with E-state index in [0.29, 0.717) is 0 Å². The summed E-state index contributed by atoms with van der Waals surface area (Å²) in [5, 5.41) is 3.42. The van der Waals surface area contributed by atoms with E-state index in [2.05, 4.69) is 57.3 Å². The van der Waals surface area contributed by atoms with Crippen LogP contribution in [0.15, 0.2) is 35.3 Å². The molecule has 2 saturated heterocycles. The first-order valence-electron chi connectivity index (χ1n) is 11.4. The molecule has 2 fully saturated rings. The molecule has 0 bridgehead atoms. The van der Waals surface area contributed by atoms with Crippen molar-refractivity contribution in [2.45, 2.75) is 26.8 Å². The van der Waals surface area contributed by atoms with Gasteiger partial charge < -0.3 is 20.0 Å². The maximum atomic E-state index is 11.5. The fourth-order valence-corrected chi connectivity index (χ4v) is 4.15. The Morgan fingerprint density at radius 1 is 0.933 bits per heavy atom. The third kappa shape index (κ3) is 6.99. The van der Waals surface area contributed by atoms with Gasteiger partial charge in [-0.15, -0.1) is 0 Å². The Morgan fingerprint density at radius 3 is 2.20 bits per heavy atom. The predicted octanol–water partition coefficient (Wildman–Crippen LogP) is 1.32. The zero-order valence-corrected chi connectivity index (χ0v) is 18.7. The Morgan fingerprint density at radius 2 is 1.57 bits per heavy atom. The molecular formula is C23H38N6O. The first-order valence-corrected chi connectivity index (χ1v) is 11.4. The smallest absolute Gasteiger partial charge is 0.219 e. The molecule has 0 spiro atoms. The Kier molecular flexibility index (Phi) is 8.96. The molecule has 0 atom stereocenters. The van der Waals surface area contributed by atoms with Crippen LogP contribution in [0.3, 0.4) is 0 Å². The summed E-state index contributed by atoms with van der Waals surface area (Å²) >= 11 is 0. The lowest BCUT2D eigenvalue weighted by Gasteiger charge is -2.36. The second-order valence-electron chi connectivity index (χ2n) is 8.19. The summed E-state index contributed by atoms with van der Waals surface area (Å²) < 4.78 is 0. The fourth-order valence-electron chi connectivity index (χ4n) is 4.15. The quantitative estimate of drug-likeness (QED) is 0.414. The van der Waals surface area contributed by atoms with Crippen LogP contribution in [0.2, 0.25) is 0 Å². The van der Waals surface area contributed by atoms with Gasteiger partial charge in [-0.25, -0.2) is 0 Å². The van der Waals surface area contributed by atoms with E-state index in [1.54, 1.807) is 6.92 Å². The molecule has 30 heavy (non-hydrogen) atoms. The lowest BCUT2D eigenvalue weighted by atomic mass is 10.2. The SMILES string of the molecule is CCNC(=NCCCN1CCN(Cc2ccccc2)CC1)N1CCN(C(C)=O)CC1. The molecule has 0 aromatic heterocycles. The molecule has 3 rings (SSSR count). The molecule has 2 aliphatic rings. The molecule has 0 radical (unpaired) electrons. The van der Waals surface area contributed by atoms with E-state index >= 15 is 0 Å². The van der Waals surface area contributed by atoms with Crippen molar-refractivity contribution < 1.29 is 4.79 Å². The minimum absolute atomic E-state index is 0.167. The fraction of sp³-hybridized carbons (Fsp3) is 0.652. The number of aliphatic imine (C=N–C) groups is 1. The number of carbonyl (C=O) groups excluding carboxylic acids is 1. The van der Waals surface area contributed by atoms with Gasteiger partial charge in [0.2, 0.25) is 5.91 Å². The van der Waals surface area contributed by atoms with Gasteiger partial charge in [0, 0.05) is 85.5 Å². The van der Waals surface area contributed by atoms with Gasteiger partial charge in [-0.1, -0.05) is 30.3 Å². The minimum atomic E-state index is 0.167. The monoisotopic (exact) mass is 414 g/mol. The van der Waals surface area contributed by atoms with Crippen LogP contribution in [0.4, 0.5) is 0 Å². The number of piperazine rings is 2. The van der Waals surface area contributed by atoms with Crippen LogP contribution in [-0.4, -0.2) is 103 Å². The third-order valence-electron chi connectivity index (χ3n) is 5.97. The van der Waals surface area contributed by atoms with E-state index in [4.69, 9.17) is 4.99 Å². The van der Waals surface area contributed by atoms with Crippen LogP contribution < -0.4 is 5.32 Å². The standard InChI is InChI=1S/C23H38N6O/c1-3-24-23(29-18-16-28(17-19-29)21(2)30)25-10-7-11-26-12-14-27(15-13-26)20-22-8-5-4-6-9-22/h4-6,8-9H,3,7,10-20H2,1-2H3,(H,24,25). The van der Waals surface area contributed by atoms with Crippen LogP contribution in [0.5, 0.6) is 0 Å². The maximum Gasteiger partial charge on any atom is 0.219 e. The second kappa shape index (κ2) is 11.9. The number of nitrogens with one attached hydrogen (secondary N) is 1. The van der Waals surface area contributed by atoms with Crippen molar-refractivity contribution in [3.63, 3.8) is 0 Å². The summed E-state index contributed by atoms with van der Waals surface area (Å²) in [5.41, 5.74) is 1.40. The highest BCUT2D eigenvalue weighted by atomic mass is 16.2. The predicted molar refractivity (Wildman–Crippen MR) is 123 cm³/mol. The number of hydrogen-bond donors (Lipinski definition) is 1. The van der Waals surface area contributed by atoms with Gasteiger partial charge in [0.15, 0.2) is 5.96 Å². The molecule has 7 nitrogen and oxygen atoms in total. The van der Waals surface area contributed by atoms with Crippen LogP contribution in [-0.2, 0) is 11.3 Å². The van der Waals surface area contributed by atoms with E-state index in [1.807, 2.05) is 4.90 Å². The van der Waals surface area contributed by atoms with E-state index in [-0.39, 0.29) is 5.91 Å². The summed E-state index contributed by atoms with van der Waals surface area (Å²) in [4.78, 5) is 25.7. The Bertz CT molecular complexity index is 664. The van der Waals surface area contributed by atoms with Gasteiger partial charge in [0.25, 0.3) is 0 Å². The highest BCUT2D eigenvalue weighted by Crippen LogP contribution is 2.09. The summed E-state index contributed by atoms with van der Waals surface area (Å²) in [7, 11) is 0. The zero-order valence-electron chi connectivity index (χ0n) is 18.7. The largest absolute Gasteiger partial charge is 0.357 e. The minimum Gasteiger partial charge on any atom is -0.357 e. The number of hydrogen-bond acceptors (Lipinski definition) is 4. The molecule has 0 unspecified atom stereocenters. The first kappa shape index (κ1) is 22.6. The molecule has 0 aliphatic carbocycles. The average molecular weight is 415 g/mol. The van der Waals surface area contributed by atoms with Crippen molar-refractivity contribution in [2.75, 3.05) is 72.0 Å². The van der Waals surface area contributed by atoms with Crippen LogP contribution in [0.1, 0.15) is 25.8 Å². The third-order valence-corrected chi connectivity index (χ3v) is 5.97. The molecule has 2 aliphatic heterocycles. The summed E-state index contributed by atoms with van der Waals surface area (Å²) in [5.74, 6) is 1.16. The zero-order chi connectivity index (χ0) is 21.2. The Labute approximate surface area is 181 Å². The van der Waals surface area contributed by atoms with Crippen molar-refractivity contribution in [3.8, 4) is 0 Å². The van der Waals surface area contributed by atoms with Crippen molar-refractivity contribution in [2.24, 2.45) is 4.99 Å². The number of benzene rings is 1. The summed E-state index contributed by atoms with van der Waals surface area (Å²) in [6, 6.07) is 10.8. The van der Waals surface area contributed by atoms with Crippen molar-refractivity contribution in [1.29, 1.82) is 0 Å². The van der Waals surface area contributed by atoms with Gasteiger partial charge in [-0.05, 0) is 18.9 Å². The van der Waals surface area contributed by atoms with E-state index in [9.17, 15) is 4.79 Å². The highest BCUT2D eigenvalue weighted by Gasteiger charge is 2.21. The van der Waals surface area contributed by atoms with Gasteiger partial charge in [0.1, 0.15) is 0 Å². The average Bonchev–Trinajstić information content (AvgIpc) is 2.78. The van der Waals surface area contributed by atoms with Crippen LogP contribution in [0, 0.1) is 0 Å². The highest BCUT2D eigenvalue weighted by molar-refractivity contribution is 5.80. The molecular weight excluding hydrogens is 376 g/mol.